The maximum Gasteiger partial charge on any atom is 0.492 e. The topological polar surface area (TPSA) is 51.6 Å². The standard InChI is InChI=1S/C8H12BNO3/c1-3-13-9(11)7-4-5-8(12-2)10-6-7/h4-6,11H,3H2,1-2H3. The summed E-state index contributed by atoms with van der Waals surface area (Å²) >= 11 is 0. The van der Waals surface area contributed by atoms with Crippen LogP contribution < -0.4 is 10.2 Å². The second kappa shape index (κ2) is 4.84. The van der Waals surface area contributed by atoms with Crippen LogP contribution in [-0.2, 0) is 4.65 Å². The largest absolute Gasteiger partial charge is 0.492 e. The fourth-order valence-corrected chi connectivity index (χ4v) is 0.913. The minimum atomic E-state index is -0.900. The first-order chi connectivity index (χ1) is 6.27. The monoisotopic (exact) mass is 181 g/mol. The van der Waals surface area contributed by atoms with Gasteiger partial charge in [0, 0.05) is 18.3 Å². The summed E-state index contributed by atoms with van der Waals surface area (Å²) in [6.07, 6.45) is 1.53. The molecule has 0 spiro atoms. The zero-order chi connectivity index (χ0) is 9.68. The Morgan fingerprint density at radius 3 is 2.77 bits per heavy atom. The zero-order valence-electron chi connectivity index (χ0n) is 7.73. The van der Waals surface area contributed by atoms with E-state index in [1.807, 2.05) is 6.92 Å². The van der Waals surface area contributed by atoms with E-state index in [0.717, 1.165) is 0 Å². The molecule has 0 saturated carbocycles. The Labute approximate surface area is 77.7 Å². The van der Waals surface area contributed by atoms with Gasteiger partial charge in [0.2, 0.25) is 5.88 Å². The molecule has 4 nitrogen and oxygen atoms in total. The predicted octanol–water partition coefficient (Wildman–Crippen LogP) is -0.186. The molecule has 0 aliphatic rings. The van der Waals surface area contributed by atoms with Crippen molar-refractivity contribution < 1.29 is 14.4 Å². The van der Waals surface area contributed by atoms with Crippen molar-refractivity contribution in [2.24, 2.45) is 0 Å². The van der Waals surface area contributed by atoms with Gasteiger partial charge in [-0.1, -0.05) is 6.07 Å². The van der Waals surface area contributed by atoms with Crippen molar-refractivity contribution in [3.05, 3.63) is 18.3 Å². The van der Waals surface area contributed by atoms with Gasteiger partial charge in [-0.3, -0.25) is 0 Å². The fraction of sp³-hybridized carbons (Fsp3) is 0.375. The van der Waals surface area contributed by atoms with Crippen molar-refractivity contribution in [1.29, 1.82) is 0 Å². The SMILES string of the molecule is CCOB(O)c1ccc(OC)nc1. The van der Waals surface area contributed by atoms with E-state index in [2.05, 4.69) is 4.98 Å². The van der Waals surface area contributed by atoms with Crippen LogP contribution in [0.3, 0.4) is 0 Å². The van der Waals surface area contributed by atoms with Crippen molar-refractivity contribution in [2.45, 2.75) is 6.92 Å². The molecule has 0 radical (unpaired) electrons. The van der Waals surface area contributed by atoms with Crippen LogP contribution in [0.2, 0.25) is 0 Å². The number of hydrogen-bond acceptors (Lipinski definition) is 4. The van der Waals surface area contributed by atoms with Crippen molar-refractivity contribution in [2.75, 3.05) is 13.7 Å². The lowest BCUT2D eigenvalue weighted by atomic mass is 9.81. The van der Waals surface area contributed by atoms with Crippen LogP contribution in [0.25, 0.3) is 0 Å². The summed E-state index contributed by atoms with van der Waals surface area (Å²) in [6.45, 7) is 2.29. The van der Waals surface area contributed by atoms with Gasteiger partial charge in [-0.25, -0.2) is 4.98 Å². The lowest BCUT2D eigenvalue weighted by Crippen LogP contribution is -2.33. The third kappa shape index (κ3) is 2.71. The molecule has 0 unspecified atom stereocenters. The minimum Gasteiger partial charge on any atom is -0.481 e. The van der Waals surface area contributed by atoms with Crippen molar-refractivity contribution in [3.63, 3.8) is 0 Å². The molecular weight excluding hydrogens is 169 g/mol. The third-order valence-corrected chi connectivity index (χ3v) is 1.58. The first kappa shape index (κ1) is 10.0. The molecule has 13 heavy (non-hydrogen) atoms. The number of aromatic nitrogens is 1. The summed E-state index contributed by atoms with van der Waals surface area (Å²) in [5.74, 6) is 0.521. The lowest BCUT2D eigenvalue weighted by Gasteiger charge is -2.05. The molecule has 0 aliphatic carbocycles. The van der Waals surface area contributed by atoms with E-state index in [4.69, 9.17) is 9.39 Å². The van der Waals surface area contributed by atoms with Gasteiger partial charge in [0.15, 0.2) is 0 Å². The van der Waals surface area contributed by atoms with E-state index in [1.165, 1.54) is 6.20 Å². The summed E-state index contributed by atoms with van der Waals surface area (Å²) < 4.78 is 9.85. The smallest absolute Gasteiger partial charge is 0.481 e. The van der Waals surface area contributed by atoms with Crippen LogP contribution in [0.4, 0.5) is 0 Å². The molecule has 0 bridgehead atoms. The van der Waals surface area contributed by atoms with Gasteiger partial charge >= 0.3 is 7.12 Å². The molecule has 0 saturated heterocycles. The van der Waals surface area contributed by atoms with Crippen molar-refractivity contribution in [1.82, 2.24) is 4.98 Å². The highest BCUT2D eigenvalue weighted by atomic mass is 16.5. The molecule has 0 fully saturated rings. The van der Waals surface area contributed by atoms with Gasteiger partial charge in [-0.05, 0) is 13.0 Å². The predicted molar refractivity (Wildman–Crippen MR) is 50.0 cm³/mol. The number of nitrogens with zero attached hydrogens (tertiary/aromatic N) is 1. The molecule has 1 aromatic heterocycles. The molecule has 0 atom stereocenters. The van der Waals surface area contributed by atoms with Crippen LogP contribution in [-0.4, -0.2) is 30.8 Å². The van der Waals surface area contributed by atoms with E-state index >= 15 is 0 Å². The number of methoxy groups -OCH3 is 1. The van der Waals surface area contributed by atoms with E-state index in [9.17, 15) is 5.02 Å². The Morgan fingerprint density at radius 1 is 1.54 bits per heavy atom. The maximum atomic E-state index is 9.38. The average Bonchev–Trinajstić information content (AvgIpc) is 2.18. The molecule has 5 heteroatoms. The second-order valence-electron chi connectivity index (χ2n) is 2.44. The highest BCUT2D eigenvalue weighted by molar-refractivity contribution is 6.59. The number of pyridine rings is 1. The van der Waals surface area contributed by atoms with Crippen molar-refractivity contribution in [3.8, 4) is 5.88 Å². The summed E-state index contributed by atoms with van der Waals surface area (Å²) in [4.78, 5) is 3.94. The molecule has 1 rings (SSSR count). The van der Waals surface area contributed by atoms with Gasteiger partial charge in [0.25, 0.3) is 0 Å². The van der Waals surface area contributed by atoms with Gasteiger partial charge in [-0.15, -0.1) is 0 Å². The van der Waals surface area contributed by atoms with Gasteiger partial charge in [0.1, 0.15) is 0 Å². The summed E-state index contributed by atoms with van der Waals surface area (Å²) in [5.41, 5.74) is 0.627. The molecule has 1 N–H and O–H groups in total. The van der Waals surface area contributed by atoms with E-state index in [-0.39, 0.29) is 0 Å². The number of ether oxygens (including phenoxy) is 1. The Morgan fingerprint density at radius 2 is 2.31 bits per heavy atom. The molecule has 70 valence electrons. The second-order valence-corrected chi connectivity index (χ2v) is 2.44. The Bertz CT molecular complexity index is 252. The molecule has 0 aliphatic heterocycles. The summed E-state index contributed by atoms with van der Waals surface area (Å²) in [6, 6.07) is 3.39. The number of rotatable bonds is 4. The quantitative estimate of drug-likeness (QED) is 0.654. The zero-order valence-corrected chi connectivity index (χ0v) is 7.73. The van der Waals surface area contributed by atoms with Gasteiger partial charge < -0.3 is 14.4 Å². The van der Waals surface area contributed by atoms with Crippen LogP contribution in [0.15, 0.2) is 18.3 Å². The minimum absolute atomic E-state index is 0.465. The summed E-state index contributed by atoms with van der Waals surface area (Å²) in [5, 5.41) is 9.38. The van der Waals surface area contributed by atoms with Gasteiger partial charge in [0.05, 0.1) is 7.11 Å². The molecular formula is C8H12BNO3. The third-order valence-electron chi connectivity index (χ3n) is 1.58. The highest BCUT2D eigenvalue weighted by Gasteiger charge is 2.15. The Kier molecular flexibility index (Phi) is 3.73. The normalized spacial score (nSPS) is 9.77. The van der Waals surface area contributed by atoms with E-state index in [1.54, 1.807) is 19.2 Å². The molecule has 1 heterocycles. The molecule has 0 amide bonds. The highest BCUT2D eigenvalue weighted by Crippen LogP contribution is 2.00. The number of hydrogen-bond donors (Lipinski definition) is 1. The molecule has 0 aromatic carbocycles. The van der Waals surface area contributed by atoms with Crippen molar-refractivity contribution >= 4 is 12.6 Å². The van der Waals surface area contributed by atoms with Crippen LogP contribution in [0, 0.1) is 0 Å². The lowest BCUT2D eigenvalue weighted by molar-refractivity contribution is 0.287. The van der Waals surface area contributed by atoms with E-state index < -0.39 is 7.12 Å². The Hall–Kier alpha value is -1.07. The first-order valence-corrected chi connectivity index (χ1v) is 4.07. The summed E-state index contributed by atoms with van der Waals surface area (Å²) in [7, 11) is 0.643. The van der Waals surface area contributed by atoms with Crippen LogP contribution in [0.5, 0.6) is 5.88 Å². The van der Waals surface area contributed by atoms with Crippen LogP contribution in [0.1, 0.15) is 6.92 Å². The van der Waals surface area contributed by atoms with E-state index in [0.29, 0.717) is 17.9 Å². The average molecular weight is 181 g/mol. The van der Waals surface area contributed by atoms with Gasteiger partial charge in [-0.2, -0.15) is 0 Å². The first-order valence-electron chi connectivity index (χ1n) is 4.07. The fourth-order valence-electron chi connectivity index (χ4n) is 0.913. The van der Waals surface area contributed by atoms with Crippen LogP contribution >= 0.6 is 0 Å². The molecule has 1 aromatic rings. The Balaban J connectivity index is 2.67. The maximum absolute atomic E-state index is 9.38.